The fourth-order valence-corrected chi connectivity index (χ4v) is 2.13. The van der Waals surface area contributed by atoms with Crippen molar-refractivity contribution in [3.8, 4) is 5.75 Å². The summed E-state index contributed by atoms with van der Waals surface area (Å²) < 4.78 is 5.93. The highest BCUT2D eigenvalue weighted by atomic mass is 79.9. The third kappa shape index (κ3) is 3.95. The molecule has 0 aliphatic carbocycles. The molecule has 6 heteroatoms. The maximum atomic E-state index is 12.3. The molecule has 0 saturated carbocycles. The Morgan fingerprint density at radius 3 is 2.86 bits per heavy atom. The summed E-state index contributed by atoms with van der Waals surface area (Å²) in [6.07, 6.45) is 1.60. The van der Waals surface area contributed by atoms with Gasteiger partial charge in [-0.25, -0.2) is 0 Å². The minimum atomic E-state index is -0.274. The monoisotopic (exact) mass is 349 g/mol. The van der Waals surface area contributed by atoms with Crippen molar-refractivity contribution in [1.82, 2.24) is 4.98 Å². The fourth-order valence-electron chi connectivity index (χ4n) is 1.78. The molecular weight excluding hydrogens is 334 g/mol. The molecule has 0 fully saturated rings. The summed E-state index contributed by atoms with van der Waals surface area (Å²) in [5.41, 5.74) is 1.85. The second-order valence-corrected chi connectivity index (χ2v) is 5.11. The summed E-state index contributed by atoms with van der Waals surface area (Å²) in [5.74, 6) is 0.395. The molecule has 5 nitrogen and oxygen atoms in total. The average Bonchev–Trinajstić information content (AvgIpc) is 2.50. The average molecular weight is 350 g/mol. The molecule has 0 aliphatic rings. The Morgan fingerprint density at radius 1 is 1.33 bits per heavy atom. The first kappa shape index (κ1) is 15.3. The first-order valence-electron chi connectivity index (χ1n) is 6.49. The van der Waals surface area contributed by atoms with Crippen LogP contribution in [0.5, 0.6) is 5.75 Å². The van der Waals surface area contributed by atoms with Crippen LogP contribution in [0.3, 0.4) is 0 Å². The Bertz CT molecular complexity index is 647. The number of anilines is 2. The lowest BCUT2D eigenvalue weighted by molar-refractivity contribution is 0.102. The van der Waals surface area contributed by atoms with Crippen LogP contribution >= 0.6 is 15.9 Å². The van der Waals surface area contributed by atoms with Gasteiger partial charge in [0.05, 0.1) is 12.8 Å². The van der Waals surface area contributed by atoms with Crippen molar-refractivity contribution in [3.63, 3.8) is 0 Å². The zero-order valence-corrected chi connectivity index (χ0v) is 13.4. The van der Waals surface area contributed by atoms with Gasteiger partial charge in [0.1, 0.15) is 11.4 Å². The lowest BCUT2D eigenvalue weighted by atomic mass is 10.2. The molecule has 1 heterocycles. The zero-order chi connectivity index (χ0) is 15.2. The van der Waals surface area contributed by atoms with Gasteiger partial charge in [0.25, 0.3) is 5.91 Å². The van der Waals surface area contributed by atoms with Crippen LogP contribution in [-0.4, -0.2) is 24.5 Å². The number of carbonyl (C=O) groups excluding carboxylic acids is 1. The number of rotatable bonds is 5. The van der Waals surface area contributed by atoms with Gasteiger partial charge in [0.2, 0.25) is 0 Å². The number of aromatic nitrogens is 1. The molecule has 0 radical (unpaired) electrons. The molecule has 0 saturated heterocycles. The lowest BCUT2D eigenvalue weighted by Crippen LogP contribution is -2.14. The van der Waals surface area contributed by atoms with Gasteiger partial charge in [0, 0.05) is 29.0 Å². The largest absolute Gasteiger partial charge is 0.497 e. The highest BCUT2D eigenvalue weighted by Gasteiger charge is 2.11. The molecule has 21 heavy (non-hydrogen) atoms. The van der Waals surface area contributed by atoms with E-state index in [0.29, 0.717) is 17.1 Å². The van der Waals surface area contributed by atoms with Gasteiger partial charge >= 0.3 is 0 Å². The molecule has 0 unspecified atom stereocenters. The number of amides is 1. The van der Waals surface area contributed by atoms with Crippen molar-refractivity contribution in [2.45, 2.75) is 6.92 Å². The van der Waals surface area contributed by atoms with Crippen LogP contribution in [0.2, 0.25) is 0 Å². The molecule has 1 amide bonds. The predicted molar refractivity (Wildman–Crippen MR) is 87.0 cm³/mol. The van der Waals surface area contributed by atoms with E-state index in [1.165, 1.54) is 0 Å². The van der Waals surface area contributed by atoms with Gasteiger partial charge in [-0.15, -0.1) is 0 Å². The van der Waals surface area contributed by atoms with Crippen LogP contribution in [0, 0.1) is 0 Å². The number of halogens is 1. The van der Waals surface area contributed by atoms with Gasteiger partial charge in [-0.05, 0) is 47.1 Å². The van der Waals surface area contributed by atoms with Crippen LogP contribution in [0.25, 0.3) is 0 Å². The summed E-state index contributed by atoms with van der Waals surface area (Å²) in [7, 11) is 1.58. The van der Waals surface area contributed by atoms with Crippen LogP contribution < -0.4 is 15.4 Å². The number of benzene rings is 1. The molecule has 0 aliphatic heterocycles. The van der Waals surface area contributed by atoms with Gasteiger partial charge in [0.15, 0.2) is 0 Å². The molecular formula is C15H16BrN3O2. The van der Waals surface area contributed by atoms with Gasteiger partial charge in [-0.2, -0.15) is 0 Å². The third-order valence-corrected chi connectivity index (χ3v) is 3.49. The normalized spacial score (nSPS) is 10.0. The Hall–Kier alpha value is -2.08. The van der Waals surface area contributed by atoms with E-state index >= 15 is 0 Å². The lowest BCUT2D eigenvalue weighted by Gasteiger charge is -2.10. The molecule has 0 atom stereocenters. The van der Waals surface area contributed by atoms with E-state index in [-0.39, 0.29) is 5.91 Å². The topological polar surface area (TPSA) is 63.2 Å². The van der Waals surface area contributed by atoms with E-state index in [1.807, 2.05) is 25.1 Å². The molecule has 2 rings (SSSR count). The number of carbonyl (C=O) groups is 1. The van der Waals surface area contributed by atoms with Crippen molar-refractivity contribution in [3.05, 3.63) is 46.7 Å². The number of hydrogen-bond donors (Lipinski definition) is 2. The van der Waals surface area contributed by atoms with E-state index in [2.05, 4.69) is 31.5 Å². The molecule has 0 bridgehead atoms. The first-order valence-corrected chi connectivity index (χ1v) is 7.28. The minimum absolute atomic E-state index is 0.274. The highest BCUT2D eigenvalue weighted by molar-refractivity contribution is 9.10. The second-order valence-electron chi connectivity index (χ2n) is 4.26. The Morgan fingerprint density at radius 2 is 2.14 bits per heavy atom. The summed E-state index contributed by atoms with van der Waals surface area (Å²) >= 11 is 3.40. The van der Waals surface area contributed by atoms with Crippen molar-refractivity contribution in [2.75, 3.05) is 24.3 Å². The summed E-state index contributed by atoms with van der Waals surface area (Å²) in [4.78, 5) is 16.4. The number of ether oxygens (including phenoxy) is 1. The Kier molecular flexibility index (Phi) is 5.16. The van der Waals surface area contributed by atoms with Crippen LogP contribution in [0.4, 0.5) is 11.4 Å². The van der Waals surface area contributed by atoms with Crippen LogP contribution in [0.15, 0.2) is 41.0 Å². The van der Waals surface area contributed by atoms with Gasteiger partial charge < -0.3 is 15.4 Å². The highest BCUT2D eigenvalue weighted by Crippen LogP contribution is 2.27. The van der Waals surface area contributed by atoms with Gasteiger partial charge in [-0.3, -0.25) is 9.78 Å². The number of hydrogen-bond acceptors (Lipinski definition) is 4. The molecule has 1 aromatic carbocycles. The number of methoxy groups -OCH3 is 1. The quantitative estimate of drug-likeness (QED) is 0.866. The fraction of sp³-hybridized carbons (Fsp3) is 0.200. The van der Waals surface area contributed by atoms with E-state index in [4.69, 9.17) is 4.74 Å². The smallest absolute Gasteiger partial charge is 0.274 e. The minimum Gasteiger partial charge on any atom is -0.497 e. The molecule has 110 valence electrons. The Labute approximate surface area is 131 Å². The molecule has 0 spiro atoms. The van der Waals surface area contributed by atoms with E-state index in [1.54, 1.807) is 25.4 Å². The van der Waals surface area contributed by atoms with Crippen LogP contribution in [-0.2, 0) is 0 Å². The van der Waals surface area contributed by atoms with Crippen molar-refractivity contribution in [2.24, 2.45) is 0 Å². The number of pyridine rings is 1. The van der Waals surface area contributed by atoms with E-state index < -0.39 is 0 Å². The second kappa shape index (κ2) is 7.08. The molecule has 2 N–H and O–H groups in total. The van der Waals surface area contributed by atoms with E-state index in [9.17, 15) is 4.79 Å². The maximum Gasteiger partial charge on any atom is 0.274 e. The third-order valence-electron chi connectivity index (χ3n) is 2.80. The summed E-state index contributed by atoms with van der Waals surface area (Å²) in [6.45, 7) is 2.78. The standard InChI is InChI=1S/C15H16BrN3O2/c1-3-17-10-6-7-18-14(8-10)15(20)19-13-9-11(21-2)4-5-12(13)16/h4-9H,3H2,1-2H3,(H,17,18)(H,19,20). The summed E-state index contributed by atoms with van der Waals surface area (Å²) in [6, 6.07) is 8.91. The zero-order valence-electron chi connectivity index (χ0n) is 11.8. The van der Waals surface area contributed by atoms with Crippen molar-refractivity contribution >= 4 is 33.2 Å². The van der Waals surface area contributed by atoms with Crippen molar-refractivity contribution < 1.29 is 9.53 Å². The number of nitrogens with one attached hydrogen (secondary N) is 2. The maximum absolute atomic E-state index is 12.3. The van der Waals surface area contributed by atoms with E-state index in [0.717, 1.165) is 16.7 Å². The summed E-state index contributed by atoms with van der Waals surface area (Å²) in [5, 5.41) is 5.96. The SMILES string of the molecule is CCNc1ccnc(C(=O)Nc2cc(OC)ccc2Br)c1. The van der Waals surface area contributed by atoms with Crippen LogP contribution in [0.1, 0.15) is 17.4 Å². The Balaban J connectivity index is 2.19. The molecule has 1 aromatic heterocycles. The predicted octanol–water partition coefficient (Wildman–Crippen LogP) is 3.54. The number of nitrogens with zero attached hydrogens (tertiary/aromatic N) is 1. The van der Waals surface area contributed by atoms with Crippen molar-refractivity contribution in [1.29, 1.82) is 0 Å². The molecule has 2 aromatic rings. The first-order chi connectivity index (χ1) is 10.1. The van der Waals surface area contributed by atoms with Gasteiger partial charge in [-0.1, -0.05) is 0 Å².